The quantitative estimate of drug-likeness (QED) is 0.715. The molecule has 1 aliphatic heterocycles. The molecule has 0 saturated heterocycles. The predicted molar refractivity (Wildman–Crippen MR) is 111 cm³/mol. The van der Waals surface area contributed by atoms with Crippen molar-refractivity contribution in [2.24, 2.45) is 0 Å². The summed E-state index contributed by atoms with van der Waals surface area (Å²) in [5.41, 5.74) is 2.49. The zero-order chi connectivity index (χ0) is 21.0. The van der Waals surface area contributed by atoms with Gasteiger partial charge in [0, 0.05) is 24.3 Å². The Kier molecular flexibility index (Phi) is 6.07. The Morgan fingerprint density at radius 1 is 1.14 bits per heavy atom. The number of likely N-dealkylation sites (N-methyl/N-ethyl adjacent to an activating group) is 1. The average Bonchev–Trinajstić information content (AvgIpc) is 3.11. The number of amides is 2. The number of fused-ring (bicyclic) bond motifs is 1. The highest BCUT2D eigenvalue weighted by Crippen LogP contribution is 2.31. The summed E-state index contributed by atoms with van der Waals surface area (Å²) in [6, 6.07) is 11.7. The average molecular weight is 417 g/mol. The molecule has 2 aromatic rings. The van der Waals surface area contributed by atoms with Crippen molar-refractivity contribution < 1.29 is 22.7 Å². The second-order valence-corrected chi connectivity index (χ2v) is 8.56. The van der Waals surface area contributed by atoms with E-state index in [1.165, 1.54) is 10.6 Å². The first-order valence-electron chi connectivity index (χ1n) is 9.19. The van der Waals surface area contributed by atoms with E-state index in [1.807, 2.05) is 6.92 Å². The number of anilines is 2. The summed E-state index contributed by atoms with van der Waals surface area (Å²) in [6.45, 7) is 2.69. The van der Waals surface area contributed by atoms with E-state index >= 15 is 0 Å². The van der Waals surface area contributed by atoms with Crippen molar-refractivity contribution in [1.29, 1.82) is 0 Å². The Morgan fingerprint density at radius 2 is 1.86 bits per heavy atom. The van der Waals surface area contributed by atoms with Crippen LogP contribution in [0.5, 0.6) is 5.75 Å². The second-order valence-electron chi connectivity index (χ2n) is 6.65. The summed E-state index contributed by atoms with van der Waals surface area (Å²) >= 11 is 0. The van der Waals surface area contributed by atoms with Gasteiger partial charge in [-0.15, -0.1) is 0 Å². The normalized spacial score (nSPS) is 13.0. The maximum atomic E-state index is 12.5. The van der Waals surface area contributed by atoms with Crippen LogP contribution < -0.4 is 19.7 Å². The summed E-state index contributed by atoms with van der Waals surface area (Å²) in [7, 11) is -3.32. The maximum absolute atomic E-state index is 12.5. The lowest BCUT2D eigenvalue weighted by molar-refractivity contribution is -0.122. The Bertz CT molecular complexity index is 1020. The molecule has 154 valence electrons. The van der Waals surface area contributed by atoms with E-state index in [2.05, 4.69) is 10.6 Å². The van der Waals surface area contributed by atoms with Gasteiger partial charge in [0.05, 0.1) is 11.9 Å². The molecule has 0 bridgehead atoms. The molecule has 0 aliphatic carbocycles. The highest BCUT2D eigenvalue weighted by atomic mass is 32.2. The van der Waals surface area contributed by atoms with E-state index in [1.54, 1.807) is 42.5 Å². The van der Waals surface area contributed by atoms with E-state index in [4.69, 9.17) is 4.74 Å². The highest BCUT2D eigenvalue weighted by molar-refractivity contribution is 7.92. The zero-order valence-electron chi connectivity index (χ0n) is 16.3. The lowest BCUT2D eigenvalue weighted by Crippen LogP contribution is -2.28. The molecule has 9 heteroatoms. The summed E-state index contributed by atoms with van der Waals surface area (Å²) in [5.74, 6) is 0.0326. The molecule has 0 radical (unpaired) electrons. The number of carbonyl (C=O) groups is 2. The minimum absolute atomic E-state index is 0.0703. The Balaban J connectivity index is 1.63. The van der Waals surface area contributed by atoms with Crippen molar-refractivity contribution in [3.8, 4) is 5.75 Å². The van der Waals surface area contributed by atoms with Crippen molar-refractivity contribution in [2.45, 2.75) is 13.3 Å². The maximum Gasteiger partial charge on any atom is 0.257 e. The SMILES string of the molecule is CCNC(=O)COc1ccc(NC(=O)c2ccc3c(c2)CCN3S(C)(=O)=O)cc1. The Labute approximate surface area is 169 Å². The third kappa shape index (κ3) is 5.05. The Hall–Kier alpha value is -3.07. The number of rotatable bonds is 7. The van der Waals surface area contributed by atoms with Crippen LogP contribution in [0, 0.1) is 0 Å². The van der Waals surface area contributed by atoms with E-state index in [9.17, 15) is 18.0 Å². The molecule has 0 aromatic heterocycles. The number of carbonyl (C=O) groups excluding carboxylic acids is 2. The molecule has 8 nitrogen and oxygen atoms in total. The lowest BCUT2D eigenvalue weighted by Gasteiger charge is -2.16. The van der Waals surface area contributed by atoms with Gasteiger partial charge in [0.25, 0.3) is 11.8 Å². The first-order chi connectivity index (χ1) is 13.8. The van der Waals surface area contributed by atoms with Gasteiger partial charge in [-0.05, 0) is 61.4 Å². The first-order valence-corrected chi connectivity index (χ1v) is 11.0. The van der Waals surface area contributed by atoms with Crippen LogP contribution in [-0.2, 0) is 21.2 Å². The van der Waals surface area contributed by atoms with Crippen LogP contribution in [0.25, 0.3) is 0 Å². The minimum atomic E-state index is -3.32. The molecule has 2 N–H and O–H groups in total. The van der Waals surface area contributed by atoms with Crippen LogP contribution >= 0.6 is 0 Å². The molecule has 1 heterocycles. The summed E-state index contributed by atoms with van der Waals surface area (Å²) < 4.78 is 30.4. The topological polar surface area (TPSA) is 105 Å². The van der Waals surface area contributed by atoms with Crippen molar-refractivity contribution in [2.75, 3.05) is 35.6 Å². The van der Waals surface area contributed by atoms with Crippen molar-refractivity contribution >= 4 is 33.2 Å². The van der Waals surface area contributed by atoms with Gasteiger partial charge in [0.2, 0.25) is 10.0 Å². The van der Waals surface area contributed by atoms with Crippen LogP contribution in [0.1, 0.15) is 22.8 Å². The number of hydrogen-bond acceptors (Lipinski definition) is 5. The van der Waals surface area contributed by atoms with Crippen LogP contribution in [0.4, 0.5) is 11.4 Å². The van der Waals surface area contributed by atoms with Crippen LogP contribution in [0.2, 0.25) is 0 Å². The molecule has 0 unspecified atom stereocenters. The number of sulfonamides is 1. The van der Waals surface area contributed by atoms with Crippen molar-refractivity contribution in [3.63, 3.8) is 0 Å². The molecule has 2 amide bonds. The molecule has 0 saturated carbocycles. The lowest BCUT2D eigenvalue weighted by atomic mass is 10.1. The van der Waals surface area contributed by atoms with E-state index < -0.39 is 10.0 Å². The van der Waals surface area contributed by atoms with Gasteiger partial charge in [-0.1, -0.05) is 0 Å². The molecule has 2 aromatic carbocycles. The van der Waals surface area contributed by atoms with Crippen LogP contribution in [-0.4, -0.2) is 46.2 Å². The fourth-order valence-electron chi connectivity index (χ4n) is 3.09. The van der Waals surface area contributed by atoms with Gasteiger partial charge in [-0.2, -0.15) is 0 Å². The zero-order valence-corrected chi connectivity index (χ0v) is 17.1. The largest absolute Gasteiger partial charge is 0.484 e. The van der Waals surface area contributed by atoms with Crippen molar-refractivity contribution in [1.82, 2.24) is 5.32 Å². The standard InChI is InChI=1S/C20H23N3O5S/c1-3-21-19(24)13-28-17-7-5-16(6-8-17)22-20(25)15-4-9-18-14(12-15)10-11-23(18)29(2,26)27/h4-9,12H,3,10-11,13H2,1-2H3,(H,21,24)(H,22,25). The summed E-state index contributed by atoms with van der Waals surface area (Å²) in [4.78, 5) is 23.9. The van der Waals surface area contributed by atoms with Gasteiger partial charge < -0.3 is 15.4 Å². The third-order valence-corrected chi connectivity index (χ3v) is 5.63. The minimum Gasteiger partial charge on any atom is -0.484 e. The Morgan fingerprint density at radius 3 is 2.52 bits per heavy atom. The molecule has 3 rings (SSSR count). The second kappa shape index (κ2) is 8.52. The molecule has 29 heavy (non-hydrogen) atoms. The number of nitrogens with one attached hydrogen (secondary N) is 2. The number of ether oxygens (including phenoxy) is 1. The highest BCUT2D eigenvalue weighted by Gasteiger charge is 2.26. The molecule has 0 spiro atoms. The van der Waals surface area contributed by atoms with Crippen LogP contribution in [0.15, 0.2) is 42.5 Å². The summed E-state index contributed by atoms with van der Waals surface area (Å²) in [6.07, 6.45) is 1.74. The molecule has 0 fully saturated rings. The fourth-order valence-corrected chi connectivity index (χ4v) is 4.05. The van der Waals surface area contributed by atoms with E-state index in [0.29, 0.717) is 42.2 Å². The first kappa shape index (κ1) is 20.7. The molecular weight excluding hydrogens is 394 g/mol. The predicted octanol–water partition coefficient (Wildman–Crippen LogP) is 1.78. The number of hydrogen-bond donors (Lipinski definition) is 2. The van der Waals surface area contributed by atoms with Gasteiger partial charge in [-0.3, -0.25) is 13.9 Å². The van der Waals surface area contributed by atoms with E-state index in [0.717, 1.165) is 5.56 Å². The van der Waals surface area contributed by atoms with Crippen molar-refractivity contribution in [3.05, 3.63) is 53.6 Å². The molecule has 1 aliphatic rings. The molecular formula is C20H23N3O5S. The van der Waals surface area contributed by atoms with Gasteiger partial charge >= 0.3 is 0 Å². The van der Waals surface area contributed by atoms with Gasteiger partial charge in [0.1, 0.15) is 5.75 Å². The smallest absolute Gasteiger partial charge is 0.257 e. The number of benzene rings is 2. The van der Waals surface area contributed by atoms with Gasteiger partial charge in [-0.25, -0.2) is 8.42 Å². The molecule has 0 atom stereocenters. The monoisotopic (exact) mass is 417 g/mol. The number of nitrogens with zero attached hydrogens (tertiary/aromatic N) is 1. The third-order valence-electron chi connectivity index (χ3n) is 4.45. The summed E-state index contributed by atoms with van der Waals surface area (Å²) in [5, 5.41) is 5.44. The fraction of sp³-hybridized carbons (Fsp3) is 0.300. The van der Waals surface area contributed by atoms with E-state index in [-0.39, 0.29) is 18.4 Å². The van der Waals surface area contributed by atoms with Crippen LogP contribution in [0.3, 0.4) is 0 Å². The van der Waals surface area contributed by atoms with Gasteiger partial charge in [0.15, 0.2) is 6.61 Å².